The topological polar surface area (TPSA) is 92.4 Å². The summed E-state index contributed by atoms with van der Waals surface area (Å²) >= 11 is 0. The molecule has 0 fully saturated rings. The summed E-state index contributed by atoms with van der Waals surface area (Å²) in [4.78, 5) is 23.2. The van der Waals surface area contributed by atoms with Crippen LogP contribution < -0.4 is 5.32 Å². The van der Waals surface area contributed by atoms with E-state index >= 15 is 0 Å². The third-order valence-electron chi connectivity index (χ3n) is 3.98. The SMILES string of the molecule is Cc1cc(C)c2c(CC(=O)NCc3cccc(C(=O)O)c3)noc2c1. The highest BCUT2D eigenvalue weighted by molar-refractivity contribution is 5.89. The first-order valence-electron chi connectivity index (χ1n) is 7.88. The maximum Gasteiger partial charge on any atom is 0.335 e. The molecule has 0 saturated carbocycles. The van der Waals surface area contributed by atoms with E-state index in [1.807, 2.05) is 26.0 Å². The molecule has 0 unspecified atom stereocenters. The second-order valence-corrected chi connectivity index (χ2v) is 6.04. The number of nitrogens with zero attached hydrogens (tertiary/aromatic N) is 1. The number of carboxylic acids is 1. The Morgan fingerprint density at radius 1 is 1.20 bits per heavy atom. The molecule has 25 heavy (non-hydrogen) atoms. The highest BCUT2D eigenvalue weighted by Gasteiger charge is 2.15. The lowest BCUT2D eigenvalue weighted by Crippen LogP contribution is -2.24. The zero-order valence-corrected chi connectivity index (χ0v) is 14.0. The molecule has 3 aromatic rings. The second kappa shape index (κ2) is 6.76. The maximum absolute atomic E-state index is 12.2. The molecule has 2 N–H and O–H groups in total. The number of carbonyl (C=O) groups excluding carboxylic acids is 1. The largest absolute Gasteiger partial charge is 0.478 e. The first-order chi connectivity index (χ1) is 11.9. The number of benzene rings is 2. The lowest BCUT2D eigenvalue weighted by Gasteiger charge is -2.06. The van der Waals surface area contributed by atoms with Gasteiger partial charge in [-0.3, -0.25) is 4.79 Å². The van der Waals surface area contributed by atoms with Gasteiger partial charge in [0.15, 0.2) is 5.58 Å². The quantitative estimate of drug-likeness (QED) is 0.746. The second-order valence-electron chi connectivity index (χ2n) is 6.04. The molecule has 1 aromatic heterocycles. The van der Waals surface area contributed by atoms with Crippen LogP contribution in [0.4, 0.5) is 0 Å². The predicted molar refractivity (Wildman–Crippen MR) is 92.4 cm³/mol. The van der Waals surface area contributed by atoms with E-state index in [4.69, 9.17) is 9.63 Å². The van der Waals surface area contributed by atoms with Crippen molar-refractivity contribution in [1.82, 2.24) is 10.5 Å². The fourth-order valence-electron chi connectivity index (χ4n) is 2.87. The molecule has 6 heteroatoms. The normalized spacial score (nSPS) is 10.8. The summed E-state index contributed by atoms with van der Waals surface area (Å²) < 4.78 is 5.32. The number of hydrogen-bond acceptors (Lipinski definition) is 4. The zero-order chi connectivity index (χ0) is 18.0. The van der Waals surface area contributed by atoms with E-state index in [1.165, 1.54) is 6.07 Å². The Kier molecular flexibility index (Phi) is 4.52. The minimum Gasteiger partial charge on any atom is -0.478 e. The first kappa shape index (κ1) is 16.7. The Balaban J connectivity index is 1.69. The van der Waals surface area contributed by atoms with Crippen LogP contribution in [0.15, 0.2) is 40.9 Å². The summed E-state index contributed by atoms with van der Waals surface area (Å²) in [5.41, 5.74) is 4.30. The molecule has 128 valence electrons. The number of aromatic nitrogens is 1. The molecule has 1 amide bonds. The molecule has 0 aliphatic heterocycles. The van der Waals surface area contributed by atoms with E-state index in [0.717, 1.165) is 22.1 Å². The minimum absolute atomic E-state index is 0.107. The van der Waals surface area contributed by atoms with Crippen LogP contribution in [0.5, 0.6) is 0 Å². The van der Waals surface area contributed by atoms with Gasteiger partial charge in [-0.15, -0.1) is 0 Å². The predicted octanol–water partition coefficient (Wildman–Crippen LogP) is 3.00. The van der Waals surface area contributed by atoms with Crippen LogP contribution in [0.3, 0.4) is 0 Å². The van der Waals surface area contributed by atoms with E-state index in [0.29, 0.717) is 11.3 Å². The summed E-state index contributed by atoms with van der Waals surface area (Å²) in [5.74, 6) is -1.19. The fourth-order valence-corrected chi connectivity index (χ4v) is 2.87. The van der Waals surface area contributed by atoms with E-state index in [-0.39, 0.29) is 24.4 Å². The number of aromatic carboxylic acids is 1. The standard InChI is InChI=1S/C19H18N2O4/c1-11-6-12(2)18-15(21-25-16(18)7-11)9-17(22)20-10-13-4-3-5-14(8-13)19(23)24/h3-8H,9-10H2,1-2H3,(H,20,22)(H,23,24). The highest BCUT2D eigenvalue weighted by atomic mass is 16.5. The van der Waals surface area contributed by atoms with Crippen molar-refractivity contribution in [2.45, 2.75) is 26.8 Å². The Labute approximate surface area is 144 Å². The molecule has 6 nitrogen and oxygen atoms in total. The Hall–Kier alpha value is -3.15. The van der Waals surface area contributed by atoms with Crippen molar-refractivity contribution < 1.29 is 19.2 Å². The van der Waals surface area contributed by atoms with Crippen LogP contribution in [-0.4, -0.2) is 22.1 Å². The number of nitrogens with one attached hydrogen (secondary N) is 1. The summed E-state index contributed by atoms with van der Waals surface area (Å²) in [6, 6.07) is 10.4. The minimum atomic E-state index is -0.993. The van der Waals surface area contributed by atoms with Gasteiger partial charge in [0.25, 0.3) is 0 Å². The Bertz CT molecular complexity index is 959. The lowest BCUT2D eigenvalue weighted by atomic mass is 10.0. The van der Waals surface area contributed by atoms with Crippen molar-refractivity contribution in [3.8, 4) is 0 Å². The van der Waals surface area contributed by atoms with Gasteiger partial charge >= 0.3 is 5.97 Å². The third kappa shape index (κ3) is 3.68. The van der Waals surface area contributed by atoms with Gasteiger partial charge in [-0.2, -0.15) is 0 Å². The van der Waals surface area contributed by atoms with Gasteiger partial charge in [0, 0.05) is 11.9 Å². The molecule has 1 heterocycles. The number of amides is 1. The van der Waals surface area contributed by atoms with Crippen molar-refractivity contribution in [1.29, 1.82) is 0 Å². The summed E-state index contributed by atoms with van der Waals surface area (Å²) in [5, 5.41) is 16.7. The number of hydrogen-bond donors (Lipinski definition) is 2. The van der Waals surface area contributed by atoms with Gasteiger partial charge in [0.1, 0.15) is 5.69 Å². The number of fused-ring (bicyclic) bond motifs is 1. The Morgan fingerprint density at radius 2 is 2.00 bits per heavy atom. The molecule has 0 aliphatic rings. The summed E-state index contributed by atoms with van der Waals surface area (Å²) in [6.45, 7) is 4.20. The third-order valence-corrected chi connectivity index (χ3v) is 3.98. The van der Waals surface area contributed by atoms with Crippen molar-refractivity contribution in [2.24, 2.45) is 0 Å². The Morgan fingerprint density at radius 3 is 2.76 bits per heavy atom. The van der Waals surface area contributed by atoms with Crippen LogP contribution >= 0.6 is 0 Å². The molecule has 3 rings (SSSR count). The van der Waals surface area contributed by atoms with Gasteiger partial charge in [-0.1, -0.05) is 23.4 Å². The van der Waals surface area contributed by atoms with Crippen LogP contribution in [0.1, 0.15) is 32.7 Å². The van der Waals surface area contributed by atoms with Crippen molar-refractivity contribution in [3.63, 3.8) is 0 Å². The van der Waals surface area contributed by atoms with Gasteiger partial charge in [0.2, 0.25) is 5.91 Å². The number of aryl methyl sites for hydroxylation is 2. The first-order valence-corrected chi connectivity index (χ1v) is 7.88. The number of carboxylic acid groups (broad SMARTS) is 1. The van der Waals surface area contributed by atoms with Crippen LogP contribution in [-0.2, 0) is 17.8 Å². The molecule has 0 aliphatic carbocycles. The number of rotatable bonds is 5. The van der Waals surface area contributed by atoms with E-state index in [9.17, 15) is 9.59 Å². The van der Waals surface area contributed by atoms with Crippen LogP contribution in [0, 0.1) is 13.8 Å². The van der Waals surface area contributed by atoms with Gasteiger partial charge in [0.05, 0.1) is 12.0 Å². The maximum atomic E-state index is 12.2. The molecule has 0 spiro atoms. The molecule has 2 aromatic carbocycles. The fraction of sp³-hybridized carbons (Fsp3) is 0.211. The average Bonchev–Trinajstić information content (AvgIpc) is 2.96. The van der Waals surface area contributed by atoms with Gasteiger partial charge in [-0.25, -0.2) is 4.79 Å². The smallest absolute Gasteiger partial charge is 0.335 e. The monoisotopic (exact) mass is 338 g/mol. The van der Waals surface area contributed by atoms with Crippen molar-refractivity contribution in [3.05, 3.63) is 64.3 Å². The van der Waals surface area contributed by atoms with Crippen LogP contribution in [0.2, 0.25) is 0 Å². The van der Waals surface area contributed by atoms with Crippen LogP contribution in [0.25, 0.3) is 11.0 Å². The van der Waals surface area contributed by atoms with Gasteiger partial charge in [-0.05, 0) is 48.7 Å². The lowest BCUT2D eigenvalue weighted by molar-refractivity contribution is -0.120. The molecule has 0 bridgehead atoms. The molecule has 0 saturated heterocycles. The van der Waals surface area contributed by atoms with Crippen molar-refractivity contribution >= 4 is 22.8 Å². The van der Waals surface area contributed by atoms with E-state index in [2.05, 4.69) is 10.5 Å². The molecule has 0 atom stereocenters. The summed E-state index contributed by atoms with van der Waals surface area (Å²) in [6.07, 6.45) is 0.107. The van der Waals surface area contributed by atoms with E-state index in [1.54, 1.807) is 18.2 Å². The molecular formula is C19H18N2O4. The number of carbonyl (C=O) groups is 2. The summed E-state index contributed by atoms with van der Waals surface area (Å²) in [7, 11) is 0. The molecular weight excluding hydrogens is 320 g/mol. The highest BCUT2D eigenvalue weighted by Crippen LogP contribution is 2.24. The van der Waals surface area contributed by atoms with E-state index < -0.39 is 5.97 Å². The average molecular weight is 338 g/mol. The zero-order valence-electron chi connectivity index (χ0n) is 14.0. The molecule has 0 radical (unpaired) electrons. The van der Waals surface area contributed by atoms with Gasteiger partial charge < -0.3 is 14.9 Å². The van der Waals surface area contributed by atoms with Crippen molar-refractivity contribution in [2.75, 3.05) is 0 Å².